The Labute approximate surface area is 207 Å². The van der Waals surface area contributed by atoms with E-state index in [9.17, 15) is 0 Å². The van der Waals surface area contributed by atoms with Crippen LogP contribution < -0.4 is 19.9 Å². The average Bonchev–Trinajstić information content (AvgIpc) is 2.79. The van der Waals surface area contributed by atoms with E-state index in [0.29, 0.717) is 5.02 Å². The van der Waals surface area contributed by atoms with Crippen LogP contribution in [0.4, 0.5) is 23.1 Å². The van der Waals surface area contributed by atoms with Gasteiger partial charge in [0.1, 0.15) is 11.6 Å². The first-order valence-corrected chi connectivity index (χ1v) is 12.0. The lowest BCUT2D eigenvalue weighted by atomic mass is 9.87. The fraction of sp³-hybridized carbons (Fsp3) is 0.407. The van der Waals surface area contributed by atoms with Gasteiger partial charge < -0.3 is 19.9 Å². The molecule has 1 saturated heterocycles. The molecular weight excluding hydrogens is 446 g/mol. The first-order valence-electron chi connectivity index (χ1n) is 11.6. The Morgan fingerprint density at radius 2 is 1.76 bits per heavy atom. The molecular formula is C27H34ClN5O. The van der Waals surface area contributed by atoms with E-state index in [2.05, 4.69) is 79.0 Å². The Kier molecular flexibility index (Phi) is 6.63. The molecule has 0 amide bonds. The maximum atomic E-state index is 6.49. The number of benzene rings is 2. The largest absolute Gasteiger partial charge is 0.497 e. The number of hydrogen-bond acceptors (Lipinski definition) is 6. The summed E-state index contributed by atoms with van der Waals surface area (Å²) in [7, 11) is 1.69. The van der Waals surface area contributed by atoms with E-state index in [4.69, 9.17) is 21.3 Å². The van der Waals surface area contributed by atoms with Crippen molar-refractivity contribution in [2.75, 3.05) is 41.9 Å². The third-order valence-corrected chi connectivity index (χ3v) is 6.64. The zero-order valence-corrected chi connectivity index (χ0v) is 21.6. The van der Waals surface area contributed by atoms with Crippen LogP contribution in [0, 0.1) is 0 Å². The lowest BCUT2D eigenvalue weighted by Crippen LogP contribution is -2.60. The van der Waals surface area contributed by atoms with Gasteiger partial charge in [-0.15, -0.1) is 0 Å². The van der Waals surface area contributed by atoms with E-state index in [1.54, 1.807) is 13.3 Å². The predicted octanol–water partition coefficient (Wildman–Crippen LogP) is 6.28. The van der Waals surface area contributed by atoms with E-state index in [1.807, 2.05) is 24.3 Å². The molecule has 3 aromatic rings. The van der Waals surface area contributed by atoms with Crippen molar-refractivity contribution >= 4 is 34.7 Å². The van der Waals surface area contributed by atoms with Crippen LogP contribution in [-0.4, -0.2) is 42.3 Å². The van der Waals surface area contributed by atoms with E-state index in [1.165, 1.54) is 11.3 Å². The Bertz CT molecular complexity index is 1140. The van der Waals surface area contributed by atoms with E-state index in [-0.39, 0.29) is 11.0 Å². The second-order valence-electron chi connectivity index (χ2n) is 10.4. The maximum absolute atomic E-state index is 6.49. The van der Waals surface area contributed by atoms with E-state index >= 15 is 0 Å². The highest BCUT2D eigenvalue weighted by Gasteiger charge is 2.35. The lowest BCUT2D eigenvalue weighted by molar-refractivity contribution is 0.408. The summed E-state index contributed by atoms with van der Waals surface area (Å²) in [6.07, 6.45) is 1.80. The first kappa shape index (κ1) is 24.1. The smallest absolute Gasteiger partial charge is 0.227 e. The molecule has 2 aromatic carbocycles. The van der Waals surface area contributed by atoms with Crippen LogP contribution in [-0.2, 0) is 5.41 Å². The van der Waals surface area contributed by atoms with Crippen molar-refractivity contribution in [2.24, 2.45) is 0 Å². The third-order valence-electron chi connectivity index (χ3n) is 6.31. The number of methoxy groups -OCH3 is 1. The maximum Gasteiger partial charge on any atom is 0.227 e. The molecule has 0 spiro atoms. The zero-order valence-electron chi connectivity index (χ0n) is 20.9. The highest BCUT2D eigenvalue weighted by molar-refractivity contribution is 6.33. The van der Waals surface area contributed by atoms with Crippen molar-refractivity contribution in [3.05, 3.63) is 65.3 Å². The van der Waals surface area contributed by atoms with Gasteiger partial charge >= 0.3 is 0 Å². The summed E-state index contributed by atoms with van der Waals surface area (Å²) < 4.78 is 5.31. The highest BCUT2D eigenvalue weighted by atomic mass is 35.5. The second-order valence-corrected chi connectivity index (χ2v) is 10.8. The standard InChI is InChI=1S/C27H34ClN5O/c1-26(2,3)19-7-12-22(28)23(17-19)30-24-13-14-29-25(31-24)32-15-16-33(27(4,5)18-32)20-8-10-21(34-6)11-9-20/h7-14,17H,15-16,18H2,1-6H3,(H,29,30,31). The number of hydrogen-bond donors (Lipinski definition) is 1. The summed E-state index contributed by atoms with van der Waals surface area (Å²) in [6, 6.07) is 16.2. The number of anilines is 4. The van der Waals surface area contributed by atoms with Gasteiger partial charge in [-0.1, -0.05) is 38.4 Å². The monoisotopic (exact) mass is 479 g/mol. The quantitative estimate of drug-likeness (QED) is 0.464. The highest BCUT2D eigenvalue weighted by Crippen LogP contribution is 2.33. The number of aromatic nitrogens is 2. The zero-order chi connectivity index (χ0) is 24.5. The van der Waals surface area contributed by atoms with Gasteiger partial charge in [-0.25, -0.2) is 4.98 Å². The van der Waals surface area contributed by atoms with Crippen LogP contribution >= 0.6 is 11.6 Å². The molecule has 0 aliphatic carbocycles. The van der Waals surface area contributed by atoms with Gasteiger partial charge in [0.2, 0.25) is 5.95 Å². The lowest BCUT2D eigenvalue weighted by Gasteiger charge is -2.48. The minimum atomic E-state index is -0.0933. The second kappa shape index (κ2) is 9.34. The molecule has 0 bridgehead atoms. The van der Waals surface area contributed by atoms with Gasteiger partial charge in [-0.2, -0.15) is 4.98 Å². The molecule has 6 nitrogen and oxygen atoms in total. The molecule has 4 rings (SSSR count). The molecule has 7 heteroatoms. The molecule has 0 radical (unpaired) electrons. The fourth-order valence-electron chi connectivity index (χ4n) is 4.36. The summed E-state index contributed by atoms with van der Waals surface area (Å²) in [5.74, 6) is 2.31. The summed E-state index contributed by atoms with van der Waals surface area (Å²) in [5.41, 5.74) is 3.19. The molecule has 34 heavy (non-hydrogen) atoms. The van der Waals surface area contributed by atoms with Crippen LogP contribution in [0.5, 0.6) is 5.75 Å². The molecule has 0 unspecified atom stereocenters. The summed E-state index contributed by atoms with van der Waals surface area (Å²) in [5, 5.41) is 4.07. The molecule has 2 heterocycles. The summed E-state index contributed by atoms with van der Waals surface area (Å²) in [4.78, 5) is 14.1. The summed E-state index contributed by atoms with van der Waals surface area (Å²) >= 11 is 6.49. The van der Waals surface area contributed by atoms with Crippen molar-refractivity contribution in [3.8, 4) is 5.75 Å². The number of nitrogens with zero attached hydrogens (tertiary/aromatic N) is 4. The van der Waals surface area contributed by atoms with Gasteiger partial charge in [0.05, 0.1) is 23.4 Å². The van der Waals surface area contributed by atoms with Gasteiger partial charge in [0, 0.05) is 31.5 Å². The van der Waals surface area contributed by atoms with Crippen LogP contribution in [0.25, 0.3) is 0 Å². The number of ether oxygens (including phenoxy) is 1. The third kappa shape index (κ3) is 5.22. The molecule has 180 valence electrons. The number of piperazine rings is 1. The SMILES string of the molecule is COc1ccc(N2CCN(c3nccc(Nc4cc(C(C)(C)C)ccc4Cl)n3)CC2(C)C)cc1. The molecule has 1 fully saturated rings. The molecule has 0 saturated carbocycles. The summed E-state index contributed by atoms with van der Waals surface area (Å²) in [6.45, 7) is 13.6. The van der Waals surface area contributed by atoms with Gasteiger partial charge in [-0.3, -0.25) is 0 Å². The molecule has 1 aliphatic rings. The Balaban J connectivity index is 1.51. The molecule has 1 aliphatic heterocycles. The Hall–Kier alpha value is -2.99. The Morgan fingerprint density at radius 3 is 2.41 bits per heavy atom. The van der Waals surface area contributed by atoms with Crippen LogP contribution in [0.1, 0.15) is 40.2 Å². The first-order chi connectivity index (χ1) is 16.1. The molecule has 1 aromatic heterocycles. The molecule has 0 atom stereocenters. The minimum Gasteiger partial charge on any atom is -0.497 e. The van der Waals surface area contributed by atoms with Crippen molar-refractivity contribution in [1.82, 2.24) is 9.97 Å². The number of nitrogens with one attached hydrogen (secondary N) is 1. The van der Waals surface area contributed by atoms with E-state index < -0.39 is 0 Å². The van der Waals surface area contributed by atoms with Gasteiger partial charge in [0.25, 0.3) is 0 Å². The number of rotatable bonds is 5. The van der Waals surface area contributed by atoms with E-state index in [0.717, 1.165) is 42.8 Å². The normalized spacial score (nSPS) is 15.9. The van der Waals surface area contributed by atoms with Gasteiger partial charge in [0.15, 0.2) is 0 Å². The van der Waals surface area contributed by atoms with Crippen molar-refractivity contribution in [3.63, 3.8) is 0 Å². The van der Waals surface area contributed by atoms with Crippen molar-refractivity contribution in [2.45, 2.75) is 45.6 Å². The minimum absolute atomic E-state index is 0.0347. The van der Waals surface area contributed by atoms with Crippen LogP contribution in [0.15, 0.2) is 54.7 Å². The number of halogens is 1. The van der Waals surface area contributed by atoms with Crippen LogP contribution in [0.2, 0.25) is 5.02 Å². The fourth-order valence-corrected chi connectivity index (χ4v) is 4.53. The van der Waals surface area contributed by atoms with Gasteiger partial charge in [-0.05, 0) is 67.3 Å². The topological polar surface area (TPSA) is 53.5 Å². The van der Waals surface area contributed by atoms with Crippen molar-refractivity contribution in [1.29, 1.82) is 0 Å². The predicted molar refractivity (Wildman–Crippen MR) is 142 cm³/mol. The van der Waals surface area contributed by atoms with Crippen molar-refractivity contribution < 1.29 is 4.74 Å². The molecule has 1 N–H and O–H groups in total. The average molecular weight is 480 g/mol. The Morgan fingerprint density at radius 1 is 1.03 bits per heavy atom. The van der Waals surface area contributed by atoms with Crippen LogP contribution in [0.3, 0.4) is 0 Å².